The highest BCUT2D eigenvalue weighted by atomic mass is 19.1. The van der Waals surface area contributed by atoms with Gasteiger partial charge < -0.3 is 10.6 Å². The summed E-state index contributed by atoms with van der Waals surface area (Å²) in [6.45, 7) is 1.00. The molecule has 0 aliphatic carbocycles. The third kappa shape index (κ3) is 5.61. The lowest BCUT2D eigenvalue weighted by molar-refractivity contribution is 0.0949. The summed E-state index contributed by atoms with van der Waals surface area (Å²) >= 11 is 0. The molecule has 0 aliphatic heterocycles. The molecule has 2 aromatic carbocycles. The van der Waals surface area contributed by atoms with Crippen LogP contribution in [-0.4, -0.2) is 24.0 Å². The van der Waals surface area contributed by atoms with E-state index >= 15 is 0 Å². The van der Waals surface area contributed by atoms with Crippen molar-refractivity contribution in [2.75, 3.05) is 18.4 Å². The highest BCUT2D eigenvalue weighted by Crippen LogP contribution is 2.10. The normalized spacial score (nSPS) is 10.5. The number of benzene rings is 2. The molecule has 28 heavy (non-hydrogen) atoms. The van der Waals surface area contributed by atoms with E-state index in [1.54, 1.807) is 42.6 Å². The first-order chi connectivity index (χ1) is 13.6. The smallest absolute Gasteiger partial charge is 0.269 e. The number of rotatable bonds is 8. The molecule has 1 heterocycles. The van der Waals surface area contributed by atoms with Crippen molar-refractivity contribution in [3.8, 4) is 0 Å². The number of hydrogen-bond donors (Lipinski definition) is 2. The molecule has 4 nitrogen and oxygen atoms in total. The standard InChI is InChI=1S/C22H21F2N3O/c23-18-7-5-16(6-8-18)11-13-26-22(28)21-10-9-19(15-27-21)25-14-12-17-3-1-2-4-20(17)24/h1-10,15,25H,11-14H2,(H,26,28). The van der Waals surface area contributed by atoms with E-state index in [-0.39, 0.29) is 17.5 Å². The predicted molar refractivity (Wildman–Crippen MR) is 105 cm³/mol. The fraction of sp³-hybridized carbons (Fsp3) is 0.182. The maximum Gasteiger partial charge on any atom is 0.269 e. The first-order valence-electron chi connectivity index (χ1n) is 9.08. The van der Waals surface area contributed by atoms with Crippen LogP contribution in [-0.2, 0) is 12.8 Å². The predicted octanol–water partition coefficient (Wildman–Crippen LogP) is 3.99. The first kappa shape index (κ1) is 19.5. The number of carbonyl (C=O) groups excluding carboxylic acids is 1. The molecule has 0 spiro atoms. The van der Waals surface area contributed by atoms with Gasteiger partial charge in [-0.1, -0.05) is 30.3 Å². The van der Waals surface area contributed by atoms with Crippen LogP contribution in [0.25, 0.3) is 0 Å². The summed E-state index contributed by atoms with van der Waals surface area (Å²) in [4.78, 5) is 16.3. The van der Waals surface area contributed by atoms with Crippen molar-refractivity contribution < 1.29 is 13.6 Å². The molecule has 3 rings (SSSR count). The van der Waals surface area contributed by atoms with Gasteiger partial charge in [-0.2, -0.15) is 0 Å². The Morgan fingerprint density at radius 2 is 1.68 bits per heavy atom. The summed E-state index contributed by atoms with van der Waals surface area (Å²) in [5.74, 6) is -0.755. The summed E-state index contributed by atoms with van der Waals surface area (Å²) < 4.78 is 26.5. The highest BCUT2D eigenvalue weighted by molar-refractivity contribution is 5.92. The van der Waals surface area contributed by atoms with E-state index in [1.165, 1.54) is 18.2 Å². The second kappa shape index (κ2) is 9.60. The second-order valence-electron chi connectivity index (χ2n) is 6.33. The highest BCUT2D eigenvalue weighted by Gasteiger charge is 2.07. The van der Waals surface area contributed by atoms with Crippen molar-refractivity contribution in [3.63, 3.8) is 0 Å². The molecule has 3 aromatic rings. The van der Waals surface area contributed by atoms with Gasteiger partial charge in [0, 0.05) is 13.1 Å². The van der Waals surface area contributed by atoms with Gasteiger partial charge in [0.15, 0.2) is 0 Å². The quantitative estimate of drug-likeness (QED) is 0.620. The fourth-order valence-electron chi connectivity index (χ4n) is 2.74. The minimum Gasteiger partial charge on any atom is -0.383 e. The summed E-state index contributed by atoms with van der Waals surface area (Å²) in [6, 6.07) is 16.3. The van der Waals surface area contributed by atoms with E-state index in [0.29, 0.717) is 37.2 Å². The Hall–Kier alpha value is -3.28. The van der Waals surface area contributed by atoms with Crippen LogP contribution in [0.1, 0.15) is 21.6 Å². The van der Waals surface area contributed by atoms with E-state index in [9.17, 15) is 13.6 Å². The van der Waals surface area contributed by atoms with Crippen LogP contribution < -0.4 is 10.6 Å². The average Bonchev–Trinajstić information content (AvgIpc) is 2.71. The van der Waals surface area contributed by atoms with Gasteiger partial charge in [-0.15, -0.1) is 0 Å². The molecule has 0 fully saturated rings. The third-order valence-corrected chi connectivity index (χ3v) is 4.29. The molecular formula is C22H21F2N3O. The number of pyridine rings is 1. The van der Waals surface area contributed by atoms with Gasteiger partial charge in [0.25, 0.3) is 5.91 Å². The Balaban J connectivity index is 1.43. The molecule has 0 aliphatic rings. The number of carbonyl (C=O) groups is 1. The van der Waals surface area contributed by atoms with Crippen molar-refractivity contribution in [3.05, 3.63) is 95.3 Å². The minimum absolute atomic E-state index is 0.213. The van der Waals surface area contributed by atoms with Gasteiger partial charge in [-0.05, 0) is 54.3 Å². The zero-order valence-electron chi connectivity index (χ0n) is 15.3. The molecule has 1 aromatic heterocycles. The van der Waals surface area contributed by atoms with Crippen LogP contribution in [0.15, 0.2) is 66.9 Å². The molecule has 0 bridgehead atoms. The molecule has 0 saturated heterocycles. The van der Waals surface area contributed by atoms with Crippen molar-refractivity contribution in [1.29, 1.82) is 0 Å². The van der Waals surface area contributed by atoms with E-state index in [1.807, 2.05) is 6.07 Å². The maximum absolute atomic E-state index is 13.6. The topological polar surface area (TPSA) is 54.0 Å². The zero-order valence-corrected chi connectivity index (χ0v) is 15.3. The van der Waals surface area contributed by atoms with E-state index < -0.39 is 0 Å². The monoisotopic (exact) mass is 381 g/mol. The molecule has 144 valence electrons. The molecule has 0 saturated carbocycles. The summed E-state index contributed by atoms with van der Waals surface area (Å²) in [6.07, 6.45) is 2.75. The lowest BCUT2D eigenvalue weighted by atomic mass is 10.1. The van der Waals surface area contributed by atoms with E-state index in [0.717, 1.165) is 11.3 Å². The lowest BCUT2D eigenvalue weighted by Gasteiger charge is -2.08. The molecule has 0 atom stereocenters. The zero-order chi connectivity index (χ0) is 19.8. The van der Waals surface area contributed by atoms with Crippen LogP contribution in [0.3, 0.4) is 0 Å². The van der Waals surface area contributed by atoms with Gasteiger partial charge in [-0.3, -0.25) is 4.79 Å². The van der Waals surface area contributed by atoms with Gasteiger partial charge in [-0.25, -0.2) is 13.8 Å². The number of anilines is 1. The fourth-order valence-corrected chi connectivity index (χ4v) is 2.74. The van der Waals surface area contributed by atoms with Crippen LogP contribution in [0.5, 0.6) is 0 Å². The van der Waals surface area contributed by atoms with Crippen LogP contribution >= 0.6 is 0 Å². The minimum atomic E-state index is -0.278. The van der Waals surface area contributed by atoms with E-state index in [4.69, 9.17) is 0 Å². The number of nitrogens with zero attached hydrogens (tertiary/aromatic N) is 1. The molecule has 1 amide bonds. The second-order valence-corrected chi connectivity index (χ2v) is 6.33. The molecule has 2 N–H and O–H groups in total. The van der Waals surface area contributed by atoms with Gasteiger partial charge in [0.05, 0.1) is 11.9 Å². The van der Waals surface area contributed by atoms with Crippen LogP contribution in [0.4, 0.5) is 14.5 Å². The average molecular weight is 381 g/mol. The van der Waals surface area contributed by atoms with Gasteiger partial charge in [0.2, 0.25) is 0 Å². The van der Waals surface area contributed by atoms with Crippen LogP contribution in [0, 0.1) is 11.6 Å². The molecule has 0 radical (unpaired) electrons. The van der Waals surface area contributed by atoms with Crippen molar-refractivity contribution >= 4 is 11.6 Å². The van der Waals surface area contributed by atoms with Crippen molar-refractivity contribution in [2.45, 2.75) is 12.8 Å². The Bertz CT molecular complexity index is 912. The Morgan fingerprint density at radius 1 is 0.893 bits per heavy atom. The lowest BCUT2D eigenvalue weighted by Crippen LogP contribution is -2.26. The Morgan fingerprint density at radius 3 is 2.39 bits per heavy atom. The SMILES string of the molecule is O=C(NCCc1ccc(F)cc1)c1ccc(NCCc2ccccc2F)cn1. The largest absolute Gasteiger partial charge is 0.383 e. The molecule has 0 unspecified atom stereocenters. The number of halogens is 2. The number of nitrogens with one attached hydrogen (secondary N) is 2. The van der Waals surface area contributed by atoms with Gasteiger partial charge in [0.1, 0.15) is 17.3 Å². The summed E-state index contributed by atoms with van der Waals surface area (Å²) in [7, 11) is 0. The Kier molecular flexibility index (Phi) is 6.68. The number of amides is 1. The van der Waals surface area contributed by atoms with Gasteiger partial charge >= 0.3 is 0 Å². The summed E-state index contributed by atoms with van der Waals surface area (Å²) in [5, 5.41) is 5.96. The third-order valence-electron chi connectivity index (χ3n) is 4.29. The molecular weight excluding hydrogens is 360 g/mol. The van der Waals surface area contributed by atoms with Crippen LogP contribution in [0.2, 0.25) is 0 Å². The number of hydrogen-bond acceptors (Lipinski definition) is 3. The van der Waals surface area contributed by atoms with Crippen molar-refractivity contribution in [2.24, 2.45) is 0 Å². The van der Waals surface area contributed by atoms with E-state index in [2.05, 4.69) is 15.6 Å². The van der Waals surface area contributed by atoms with Crippen molar-refractivity contribution in [1.82, 2.24) is 10.3 Å². The summed E-state index contributed by atoms with van der Waals surface area (Å²) in [5.41, 5.74) is 2.68. The number of aromatic nitrogens is 1. The Labute approximate surface area is 162 Å². The maximum atomic E-state index is 13.6. The molecule has 6 heteroatoms. The first-order valence-corrected chi connectivity index (χ1v) is 9.08.